The minimum atomic E-state index is 0.271. The molecular formula is C17H34O. The van der Waals surface area contributed by atoms with Crippen molar-refractivity contribution >= 4 is 6.29 Å². The Morgan fingerprint density at radius 1 is 0.722 bits per heavy atom. The van der Waals surface area contributed by atoms with Crippen molar-refractivity contribution in [2.45, 2.75) is 97.3 Å². The second-order valence-electron chi connectivity index (χ2n) is 5.79. The summed E-state index contributed by atoms with van der Waals surface area (Å²) >= 11 is 0. The molecule has 0 amide bonds. The molecule has 108 valence electrons. The van der Waals surface area contributed by atoms with Gasteiger partial charge in [0.2, 0.25) is 0 Å². The molecule has 0 spiro atoms. The van der Waals surface area contributed by atoms with Crippen LogP contribution in [0.3, 0.4) is 0 Å². The summed E-state index contributed by atoms with van der Waals surface area (Å²) in [5.74, 6) is 0.271. The third-order valence-corrected chi connectivity index (χ3v) is 3.75. The fourth-order valence-corrected chi connectivity index (χ4v) is 2.38. The molecule has 0 bridgehead atoms. The molecule has 0 aromatic rings. The number of hydrogen-bond donors (Lipinski definition) is 0. The monoisotopic (exact) mass is 254 g/mol. The number of rotatable bonds is 14. The summed E-state index contributed by atoms with van der Waals surface area (Å²) in [6.45, 7) is 4.29. The van der Waals surface area contributed by atoms with Crippen molar-refractivity contribution in [3.8, 4) is 0 Å². The van der Waals surface area contributed by atoms with Gasteiger partial charge in [0.15, 0.2) is 0 Å². The summed E-state index contributed by atoms with van der Waals surface area (Å²) in [7, 11) is 0. The minimum Gasteiger partial charge on any atom is -0.303 e. The molecule has 0 aromatic carbocycles. The van der Waals surface area contributed by atoms with Crippen molar-refractivity contribution in [1.82, 2.24) is 0 Å². The van der Waals surface area contributed by atoms with Crippen LogP contribution in [0.5, 0.6) is 0 Å². The Kier molecular flexibility index (Phi) is 14.5. The zero-order valence-electron chi connectivity index (χ0n) is 12.8. The van der Waals surface area contributed by atoms with Gasteiger partial charge in [-0.15, -0.1) is 0 Å². The van der Waals surface area contributed by atoms with Crippen molar-refractivity contribution in [2.75, 3.05) is 0 Å². The smallest absolute Gasteiger partial charge is 0.122 e. The van der Waals surface area contributed by atoms with Crippen LogP contribution in [0.25, 0.3) is 0 Å². The highest BCUT2D eigenvalue weighted by Crippen LogP contribution is 2.13. The van der Waals surface area contributed by atoms with E-state index in [4.69, 9.17) is 0 Å². The van der Waals surface area contributed by atoms with Gasteiger partial charge in [-0.3, -0.25) is 0 Å². The maximum atomic E-state index is 10.4. The summed E-state index contributed by atoms with van der Waals surface area (Å²) in [6, 6.07) is 0. The molecule has 1 nitrogen and oxygen atoms in total. The lowest BCUT2D eigenvalue weighted by molar-refractivity contribution is -0.110. The van der Waals surface area contributed by atoms with E-state index in [0.29, 0.717) is 0 Å². The number of carbonyl (C=O) groups is 1. The van der Waals surface area contributed by atoms with E-state index in [2.05, 4.69) is 6.92 Å². The van der Waals surface area contributed by atoms with Gasteiger partial charge in [-0.2, -0.15) is 0 Å². The van der Waals surface area contributed by atoms with Gasteiger partial charge in [-0.05, 0) is 6.42 Å². The van der Waals surface area contributed by atoms with Gasteiger partial charge in [0.05, 0.1) is 0 Å². The molecule has 0 heterocycles. The molecule has 1 heteroatoms. The van der Waals surface area contributed by atoms with Gasteiger partial charge in [-0.25, -0.2) is 0 Å². The van der Waals surface area contributed by atoms with Crippen molar-refractivity contribution < 1.29 is 4.79 Å². The standard InChI is InChI=1S/C17H34O/c1-3-4-5-6-7-8-9-10-11-12-13-14-15-17(2)16-18/h16-17H,3-15H2,1-2H3. The van der Waals surface area contributed by atoms with Crippen LogP contribution < -0.4 is 0 Å². The second-order valence-corrected chi connectivity index (χ2v) is 5.79. The molecule has 0 saturated heterocycles. The highest BCUT2D eigenvalue weighted by atomic mass is 16.1. The normalized spacial score (nSPS) is 12.6. The molecule has 0 N–H and O–H groups in total. The Labute approximate surface area is 115 Å². The Bertz CT molecular complexity index is 165. The van der Waals surface area contributed by atoms with E-state index in [-0.39, 0.29) is 5.92 Å². The summed E-state index contributed by atoms with van der Waals surface area (Å²) in [4.78, 5) is 10.4. The summed E-state index contributed by atoms with van der Waals surface area (Å²) in [5.41, 5.74) is 0. The summed E-state index contributed by atoms with van der Waals surface area (Å²) in [5, 5.41) is 0. The van der Waals surface area contributed by atoms with Crippen molar-refractivity contribution in [3.05, 3.63) is 0 Å². The summed E-state index contributed by atoms with van der Waals surface area (Å²) in [6.07, 6.45) is 18.8. The average molecular weight is 254 g/mol. The number of carbonyl (C=O) groups excluding carboxylic acids is 1. The van der Waals surface area contributed by atoms with E-state index in [1.807, 2.05) is 6.92 Å². The van der Waals surface area contributed by atoms with E-state index >= 15 is 0 Å². The van der Waals surface area contributed by atoms with Gasteiger partial charge < -0.3 is 4.79 Å². The maximum Gasteiger partial charge on any atom is 0.122 e. The van der Waals surface area contributed by atoms with Crippen LogP contribution >= 0.6 is 0 Å². The van der Waals surface area contributed by atoms with Crippen molar-refractivity contribution in [3.63, 3.8) is 0 Å². The van der Waals surface area contributed by atoms with Crippen LogP contribution in [0.4, 0.5) is 0 Å². The van der Waals surface area contributed by atoms with E-state index in [9.17, 15) is 4.79 Å². The molecule has 0 aromatic heterocycles. The van der Waals surface area contributed by atoms with Crippen LogP contribution in [-0.4, -0.2) is 6.29 Å². The molecule has 0 saturated carbocycles. The Morgan fingerprint density at radius 2 is 1.11 bits per heavy atom. The van der Waals surface area contributed by atoms with Crippen LogP contribution in [-0.2, 0) is 4.79 Å². The zero-order chi connectivity index (χ0) is 13.5. The molecule has 18 heavy (non-hydrogen) atoms. The van der Waals surface area contributed by atoms with Crippen LogP contribution in [0, 0.1) is 5.92 Å². The molecule has 0 aliphatic rings. The van der Waals surface area contributed by atoms with E-state index < -0.39 is 0 Å². The predicted octanol–water partition coefficient (Wildman–Crippen LogP) is 5.91. The lowest BCUT2D eigenvalue weighted by atomic mass is 10.0. The quantitative estimate of drug-likeness (QED) is 0.278. The molecule has 0 aliphatic heterocycles. The first kappa shape index (κ1) is 17.7. The zero-order valence-corrected chi connectivity index (χ0v) is 12.8. The Balaban J connectivity index is 2.96. The molecule has 0 fully saturated rings. The third kappa shape index (κ3) is 13.7. The minimum absolute atomic E-state index is 0.271. The first-order valence-corrected chi connectivity index (χ1v) is 8.26. The fraction of sp³-hybridized carbons (Fsp3) is 0.941. The Hall–Kier alpha value is -0.330. The fourth-order valence-electron chi connectivity index (χ4n) is 2.38. The summed E-state index contributed by atoms with van der Waals surface area (Å²) < 4.78 is 0. The largest absolute Gasteiger partial charge is 0.303 e. The Morgan fingerprint density at radius 3 is 1.50 bits per heavy atom. The van der Waals surface area contributed by atoms with Crippen molar-refractivity contribution in [2.24, 2.45) is 5.92 Å². The molecule has 1 unspecified atom stereocenters. The highest BCUT2D eigenvalue weighted by Gasteiger charge is 1.98. The van der Waals surface area contributed by atoms with Crippen LogP contribution in [0.1, 0.15) is 97.3 Å². The lowest BCUT2D eigenvalue weighted by Crippen LogP contribution is -1.94. The van der Waals surface area contributed by atoms with Crippen LogP contribution in [0.2, 0.25) is 0 Å². The van der Waals surface area contributed by atoms with E-state index in [1.165, 1.54) is 77.0 Å². The third-order valence-electron chi connectivity index (χ3n) is 3.75. The van der Waals surface area contributed by atoms with Gasteiger partial charge in [-0.1, -0.05) is 90.9 Å². The molecule has 1 atom stereocenters. The van der Waals surface area contributed by atoms with Gasteiger partial charge in [0.25, 0.3) is 0 Å². The first-order chi connectivity index (χ1) is 8.81. The molecular weight excluding hydrogens is 220 g/mol. The number of hydrogen-bond acceptors (Lipinski definition) is 1. The van der Waals surface area contributed by atoms with E-state index in [0.717, 1.165) is 12.7 Å². The van der Waals surface area contributed by atoms with Crippen molar-refractivity contribution in [1.29, 1.82) is 0 Å². The molecule has 0 aliphatic carbocycles. The molecule has 0 rings (SSSR count). The SMILES string of the molecule is CCCCCCCCCCCCCCC(C)C=O. The van der Waals surface area contributed by atoms with Crippen LogP contribution in [0.15, 0.2) is 0 Å². The molecule has 0 radical (unpaired) electrons. The van der Waals surface area contributed by atoms with Gasteiger partial charge in [0.1, 0.15) is 6.29 Å². The number of aldehydes is 1. The number of unbranched alkanes of at least 4 members (excludes halogenated alkanes) is 11. The highest BCUT2D eigenvalue weighted by molar-refractivity contribution is 5.52. The van der Waals surface area contributed by atoms with Gasteiger partial charge >= 0.3 is 0 Å². The van der Waals surface area contributed by atoms with E-state index in [1.54, 1.807) is 0 Å². The second kappa shape index (κ2) is 14.7. The lowest BCUT2D eigenvalue weighted by Gasteiger charge is -2.04. The van der Waals surface area contributed by atoms with Gasteiger partial charge in [0, 0.05) is 5.92 Å². The first-order valence-electron chi connectivity index (χ1n) is 8.26. The maximum absolute atomic E-state index is 10.4. The average Bonchev–Trinajstić information content (AvgIpc) is 2.39. The topological polar surface area (TPSA) is 17.1 Å². The predicted molar refractivity (Wildman–Crippen MR) is 80.9 cm³/mol.